The quantitative estimate of drug-likeness (QED) is 0.482. The van der Waals surface area contributed by atoms with Gasteiger partial charge >= 0.3 is 0 Å². The Kier molecular flexibility index (Phi) is 7.34. The number of fused-ring (bicyclic) bond motifs is 1. The molecule has 0 bridgehead atoms. The van der Waals surface area contributed by atoms with Gasteiger partial charge in [0.1, 0.15) is 0 Å². The number of carbonyl (C=O) groups excluding carboxylic acids is 2. The summed E-state index contributed by atoms with van der Waals surface area (Å²) in [5.74, 6) is 0.0884. The van der Waals surface area contributed by atoms with Gasteiger partial charge < -0.3 is 21.3 Å². The Balaban J connectivity index is 1.26. The van der Waals surface area contributed by atoms with Crippen LogP contribution in [0.3, 0.4) is 0 Å². The van der Waals surface area contributed by atoms with E-state index in [0.29, 0.717) is 37.5 Å². The smallest absolute Gasteiger partial charge is 0.237 e. The minimum Gasteiger partial charge on any atom is -0.358 e. The normalized spacial score (nSPS) is 22.5. The predicted octanol–water partition coefficient (Wildman–Crippen LogP) is 2.01. The summed E-state index contributed by atoms with van der Waals surface area (Å²) < 4.78 is 0. The number of nitrogens with zero attached hydrogens (tertiary/aromatic N) is 1. The third kappa shape index (κ3) is 5.83. The van der Waals surface area contributed by atoms with Gasteiger partial charge in [-0.3, -0.25) is 14.5 Å². The second-order valence-corrected chi connectivity index (χ2v) is 8.72. The van der Waals surface area contributed by atoms with Crippen molar-refractivity contribution in [3.8, 4) is 0 Å². The first kappa shape index (κ1) is 22.2. The lowest BCUT2D eigenvalue weighted by atomic mass is 10.0. The Morgan fingerprint density at radius 3 is 2.56 bits per heavy atom. The molecule has 0 aliphatic carbocycles. The van der Waals surface area contributed by atoms with Crippen LogP contribution < -0.4 is 21.3 Å². The van der Waals surface area contributed by atoms with Crippen LogP contribution in [0.25, 0.3) is 0 Å². The lowest BCUT2D eigenvalue weighted by Crippen LogP contribution is -2.58. The maximum Gasteiger partial charge on any atom is 0.237 e. The highest BCUT2D eigenvalue weighted by Gasteiger charge is 2.43. The molecule has 32 heavy (non-hydrogen) atoms. The Labute approximate surface area is 193 Å². The minimum atomic E-state index is -0.182. The Morgan fingerprint density at radius 2 is 1.81 bits per heavy atom. The topological polar surface area (TPSA) is 85.5 Å². The summed E-state index contributed by atoms with van der Waals surface area (Å²) in [6.45, 7) is 1.83. The molecule has 2 heterocycles. The molecule has 168 valence electrons. The number of rotatable bonds is 7. The van der Waals surface area contributed by atoms with Gasteiger partial charge in [0.25, 0.3) is 0 Å². The largest absolute Gasteiger partial charge is 0.358 e. The summed E-state index contributed by atoms with van der Waals surface area (Å²) in [4.78, 5) is 27.0. The standard InChI is InChI=1S/C24H29N5O2S/c30-22(25-14-17-7-3-1-4-8-17)12-11-20-15-26-23(31)21-13-19(16-29(20)21)28-24(32)27-18-9-5-2-6-10-18/h1-10,19-21H,11-16H2,(H,25,30)(H,26,31)(H2,27,28,32). The van der Waals surface area contributed by atoms with Gasteiger partial charge in [-0.15, -0.1) is 0 Å². The fraction of sp³-hybridized carbons (Fsp3) is 0.375. The first-order valence-electron chi connectivity index (χ1n) is 11.0. The number of amides is 2. The van der Waals surface area contributed by atoms with Crippen LogP contribution in [0.5, 0.6) is 0 Å². The number of benzene rings is 2. The van der Waals surface area contributed by atoms with Crippen molar-refractivity contribution in [2.75, 3.05) is 18.4 Å². The Hall–Kier alpha value is -2.97. The number of thiocarbonyl (C=S) groups is 1. The first-order chi connectivity index (χ1) is 15.6. The molecule has 0 spiro atoms. The summed E-state index contributed by atoms with van der Waals surface area (Å²) in [7, 11) is 0. The van der Waals surface area contributed by atoms with Crippen molar-refractivity contribution >= 4 is 34.8 Å². The van der Waals surface area contributed by atoms with Crippen molar-refractivity contribution in [2.45, 2.75) is 43.9 Å². The zero-order chi connectivity index (χ0) is 22.3. The zero-order valence-electron chi connectivity index (χ0n) is 17.9. The van der Waals surface area contributed by atoms with E-state index < -0.39 is 0 Å². The Morgan fingerprint density at radius 1 is 1.09 bits per heavy atom. The summed E-state index contributed by atoms with van der Waals surface area (Å²) in [6, 6.07) is 19.7. The average Bonchev–Trinajstić information content (AvgIpc) is 3.23. The molecule has 4 rings (SSSR count). The monoisotopic (exact) mass is 451 g/mol. The van der Waals surface area contributed by atoms with Crippen LogP contribution in [0.2, 0.25) is 0 Å². The van der Waals surface area contributed by atoms with E-state index in [-0.39, 0.29) is 29.9 Å². The third-order valence-electron chi connectivity index (χ3n) is 6.03. The molecule has 2 fully saturated rings. The maximum atomic E-state index is 12.4. The van der Waals surface area contributed by atoms with Crippen LogP contribution in [0, 0.1) is 0 Å². The van der Waals surface area contributed by atoms with Crippen LogP contribution in [0.4, 0.5) is 5.69 Å². The molecule has 2 aromatic carbocycles. The zero-order valence-corrected chi connectivity index (χ0v) is 18.7. The van der Waals surface area contributed by atoms with Gasteiger partial charge in [-0.2, -0.15) is 0 Å². The van der Waals surface area contributed by atoms with E-state index in [2.05, 4.69) is 26.2 Å². The first-order valence-corrected chi connectivity index (χ1v) is 11.5. The van der Waals surface area contributed by atoms with E-state index in [4.69, 9.17) is 12.2 Å². The van der Waals surface area contributed by atoms with Gasteiger partial charge in [0, 0.05) is 43.8 Å². The third-order valence-corrected chi connectivity index (χ3v) is 6.25. The molecule has 7 nitrogen and oxygen atoms in total. The van der Waals surface area contributed by atoms with Crippen LogP contribution >= 0.6 is 12.2 Å². The van der Waals surface area contributed by atoms with E-state index >= 15 is 0 Å². The molecule has 0 radical (unpaired) electrons. The van der Waals surface area contributed by atoms with E-state index in [1.807, 2.05) is 60.7 Å². The lowest BCUT2D eigenvalue weighted by molar-refractivity contribution is -0.129. The number of hydrogen-bond acceptors (Lipinski definition) is 4. The molecular weight excluding hydrogens is 422 g/mol. The second kappa shape index (κ2) is 10.6. The molecule has 3 atom stereocenters. The molecule has 2 amide bonds. The highest BCUT2D eigenvalue weighted by atomic mass is 32.1. The van der Waals surface area contributed by atoms with E-state index in [1.165, 1.54) is 0 Å². The molecule has 4 N–H and O–H groups in total. The highest BCUT2D eigenvalue weighted by molar-refractivity contribution is 7.80. The summed E-state index contributed by atoms with van der Waals surface area (Å²) in [5.41, 5.74) is 2.01. The van der Waals surface area contributed by atoms with Crippen LogP contribution in [-0.4, -0.2) is 53.0 Å². The lowest BCUT2D eigenvalue weighted by Gasteiger charge is -2.37. The predicted molar refractivity (Wildman–Crippen MR) is 129 cm³/mol. The van der Waals surface area contributed by atoms with Gasteiger partial charge in [0.15, 0.2) is 5.11 Å². The number of anilines is 1. The fourth-order valence-electron chi connectivity index (χ4n) is 4.40. The van der Waals surface area contributed by atoms with Crippen LogP contribution in [0.1, 0.15) is 24.8 Å². The molecule has 0 saturated carbocycles. The van der Waals surface area contributed by atoms with Gasteiger partial charge in [0.2, 0.25) is 11.8 Å². The molecule has 2 aromatic rings. The van der Waals surface area contributed by atoms with E-state index in [0.717, 1.165) is 17.8 Å². The number of piperazine rings is 1. The molecular formula is C24H29N5O2S. The van der Waals surface area contributed by atoms with Gasteiger partial charge in [-0.25, -0.2) is 0 Å². The van der Waals surface area contributed by atoms with Crippen molar-refractivity contribution in [1.82, 2.24) is 20.9 Å². The SMILES string of the molecule is O=C(CCC1CNC(=O)C2CC(NC(=S)Nc3ccccc3)CN12)NCc1ccccc1. The second-order valence-electron chi connectivity index (χ2n) is 8.31. The van der Waals surface area contributed by atoms with E-state index in [9.17, 15) is 9.59 Å². The summed E-state index contributed by atoms with van der Waals surface area (Å²) >= 11 is 5.46. The molecule has 2 aliphatic heterocycles. The maximum absolute atomic E-state index is 12.4. The van der Waals surface area contributed by atoms with Crippen molar-refractivity contribution in [2.24, 2.45) is 0 Å². The Bertz CT molecular complexity index is 940. The minimum absolute atomic E-state index is 0.0319. The van der Waals surface area contributed by atoms with Crippen LogP contribution in [0.15, 0.2) is 60.7 Å². The van der Waals surface area contributed by atoms with Crippen molar-refractivity contribution < 1.29 is 9.59 Å². The van der Waals surface area contributed by atoms with Gasteiger partial charge in [-0.1, -0.05) is 48.5 Å². The number of hydrogen-bond donors (Lipinski definition) is 4. The van der Waals surface area contributed by atoms with Gasteiger partial charge in [-0.05, 0) is 42.8 Å². The van der Waals surface area contributed by atoms with Crippen molar-refractivity contribution in [3.63, 3.8) is 0 Å². The molecule has 0 aromatic heterocycles. The molecule has 2 saturated heterocycles. The number of para-hydroxylation sites is 1. The summed E-state index contributed by atoms with van der Waals surface area (Å²) in [5, 5.41) is 13.1. The fourth-order valence-corrected chi connectivity index (χ4v) is 4.69. The molecule has 3 unspecified atom stereocenters. The molecule has 2 aliphatic rings. The molecule has 8 heteroatoms. The van der Waals surface area contributed by atoms with E-state index in [1.54, 1.807) is 0 Å². The summed E-state index contributed by atoms with van der Waals surface area (Å²) in [6.07, 6.45) is 1.83. The van der Waals surface area contributed by atoms with Gasteiger partial charge in [0.05, 0.1) is 6.04 Å². The van der Waals surface area contributed by atoms with Crippen LogP contribution in [-0.2, 0) is 16.1 Å². The highest BCUT2D eigenvalue weighted by Crippen LogP contribution is 2.26. The number of nitrogens with one attached hydrogen (secondary N) is 4. The van der Waals surface area contributed by atoms with Crippen molar-refractivity contribution in [1.29, 1.82) is 0 Å². The number of carbonyl (C=O) groups is 2. The average molecular weight is 452 g/mol. The van der Waals surface area contributed by atoms with Crippen molar-refractivity contribution in [3.05, 3.63) is 66.2 Å².